The molecule has 0 spiro atoms. The van der Waals surface area contributed by atoms with Crippen LogP contribution < -0.4 is 0 Å². The molecule has 0 N–H and O–H groups in total. The van der Waals surface area contributed by atoms with E-state index in [4.69, 9.17) is 4.74 Å². The summed E-state index contributed by atoms with van der Waals surface area (Å²) in [6, 6.07) is 0. The minimum absolute atomic E-state index is 0.0215. The number of carbonyl (C=O) groups is 2. The molecule has 0 amide bonds. The fraction of sp³-hybridized carbons (Fsp3) is 0.600. The summed E-state index contributed by atoms with van der Waals surface area (Å²) in [5.41, 5.74) is 0.929. The van der Waals surface area contributed by atoms with E-state index >= 15 is 0 Å². The summed E-state index contributed by atoms with van der Waals surface area (Å²) in [7, 11) is 0. The number of ketones is 1. The van der Waals surface area contributed by atoms with Gasteiger partial charge in [-0.2, -0.15) is 0 Å². The molecule has 1 saturated carbocycles. The van der Waals surface area contributed by atoms with Crippen LogP contribution in [-0.2, 0) is 14.3 Å². The lowest BCUT2D eigenvalue weighted by Crippen LogP contribution is -2.37. The molecule has 1 aliphatic rings. The molecule has 1 aliphatic carbocycles. The highest BCUT2D eigenvalue weighted by Crippen LogP contribution is 2.44. The van der Waals surface area contributed by atoms with Crippen LogP contribution in [0.2, 0.25) is 0 Å². The van der Waals surface area contributed by atoms with Crippen molar-refractivity contribution in [1.82, 2.24) is 0 Å². The van der Waals surface area contributed by atoms with Gasteiger partial charge in [0.25, 0.3) is 0 Å². The minimum Gasteiger partial charge on any atom is -0.458 e. The Morgan fingerprint density at radius 1 is 1.39 bits per heavy atom. The quantitative estimate of drug-likeness (QED) is 0.439. The maximum absolute atomic E-state index is 11.1. The highest BCUT2D eigenvalue weighted by Gasteiger charge is 2.39. The number of esters is 1. The van der Waals surface area contributed by atoms with Crippen molar-refractivity contribution in [3.63, 3.8) is 0 Å². The van der Waals surface area contributed by atoms with Gasteiger partial charge in [0.1, 0.15) is 6.10 Å². The minimum atomic E-state index is -0.282. The molecule has 1 rings (SSSR count). The van der Waals surface area contributed by atoms with Crippen LogP contribution in [-0.4, -0.2) is 17.9 Å². The highest BCUT2D eigenvalue weighted by atomic mass is 16.5. The summed E-state index contributed by atoms with van der Waals surface area (Å²) >= 11 is 0. The average molecular weight is 250 g/mol. The first kappa shape index (κ1) is 14.7. The van der Waals surface area contributed by atoms with Crippen molar-refractivity contribution in [3.05, 3.63) is 24.3 Å². The number of carbonyl (C=O) groups excluding carboxylic acids is 2. The van der Waals surface area contributed by atoms with Crippen LogP contribution in [0.4, 0.5) is 0 Å². The summed E-state index contributed by atoms with van der Waals surface area (Å²) < 4.78 is 5.28. The van der Waals surface area contributed by atoms with Crippen molar-refractivity contribution in [1.29, 1.82) is 0 Å². The first-order chi connectivity index (χ1) is 8.24. The summed E-state index contributed by atoms with van der Waals surface area (Å²) in [5.74, 6) is -0.192. The third-order valence-electron chi connectivity index (χ3n) is 3.54. The van der Waals surface area contributed by atoms with Gasteiger partial charge in [0.2, 0.25) is 0 Å². The Bertz CT molecular complexity index is 391. The van der Waals surface area contributed by atoms with E-state index in [9.17, 15) is 9.59 Å². The normalized spacial score (nSPS) is 27.2. The predicted octanol–water partition coefficient (Wildman–Crippen LogP) is 3.06. The van der Waals surface area contributed by atoms with Crippen molar-refractivity contribution < 1.29 is 14.3 Å². The Labute approximate surface area is 109 Å². The zero-order chi connectivity index (χ0) is 13.9. The van der Waals surface area contributed by atoms with E-state index in [-0.39, 0.29) is 29.2 Å². The van der Waals surface area contributed by atoms with Gasteiger partial charge in [0.15, 0.2) is 5.78 Å². The summed E-state index contributed by atoms with van der Waals surface area (Å²) in [6.07, 6.45) is 4.98. The molecule has 3 heteroatoms. The van der Waals surface area contributed by atoms with E-state index in [1.807, 2.05) is 6.08 Å². The monoisotopic (exact) mass is 250 g/mol. The molecule has 0 heterocycles. The number of hydrogen-bond acceptors (Lipinski definition) is 3. The maximum Gasteiger partial charge on any atom is 0.303 e. The van der Waals surface area contributed by atoms with Crippen molar-refractivity contribution in [2.75, 3.05) is 0 Å². The Kier molecular flexibility index (Phi) is 4.49. The number of hydrogen-bond donors (Lipinski definition) is 0. The van der Waals surface area contributed by atoms with Crippen LogP contribution in [0.5, 0.6) is 0 Å². The highest BCUT2D eigenvalue weighted by molar-refractivity contribution is 5.87. The Hall–Kier alpha value is -1.38. The molecule has 0 aromatic heterocycles. The van der Waals surface area contributed by atoms with Crippen molar-refractivity contribution in [3.8, 4) is 0 Å². The smallest absolute Gasteiger partial charge is 0.303 e. The summed E-state index contributed by atoms with van der Waals surface area (Å²) in [6.45, 7) is 11.3. The van der Waals surface area contributed by atoms with Crippen LogP contribution in [0.25, 0.3) is 0 Å². The Morgan fingerprint density at radius 3 is 2.50 bits per heavy atom. The van der Waals surface area contributed by atoms with Gasteiger partial charge in [-0.05, 0) is 36.8 Å². The van der Waals surface area contributed by atoms with Gasteiger partial charge in [0.05, 0.1) is 0 Å². The molecule has 0 aromatic rings. The lowest BCUT2D eigenvalue weighted by Gasteiger charge is -2.42. The standard InChI is InChI=1S/C15H22O3/c1-10(16)6-7-13-11(2)14(18-12(3)17)8-9-15(13,4)5/h6-7,13-14H,2,8-9H2,1,3-5H3/b7-6+/t13-,14-/m1/s1. The first-order valence-corrected chi connectivity index (χ1v) is 6.28. The lowest BCUT2D eigenvalue weighted by molar-refractivity contribution is -0.146. The fourth-order valence-corrected chi connectivity index (χ4v) is 2.50. The topological polar surface area (TPSA) is 43.4 Å². The zero-order valence-corrected chi connectivity index (χ0v) is 11.7. The molecule has 1 fully saturated rings. The molecule has 0 unspecified atom stereocenters. The van der Waals surface area contributed by atoms with E-state index in [1.54, 1.807) is 6.08 Å². The van der Waals surface area contributed by atoms with Gasteiger partial charge < -0.3 is 4.74 Å². The number of allylic oxidation sites excluding steroid dienone is 2. The van der Waals surface area contributed by atoms with Gasteiger partial charge >= 0.3 is 5.97 Å². The lowest BCUT2D eigenvalue weighted by atomic mass is 9.65. The largest absolute Gasteiger partial charge is 0.458 e. The molecule has 0 bridgehead atoms. The van der Waals surface area contributed by atoms with Gasteiger partial charge in [-0.1, -0.05) is 26.5 Å². The number of ether oxygens (including phenoxy) is 1. The van der Waals surface area contributed by atoms with Gasteiger partial charge in [-0.15, -0.1) is 0 Å². The van der Waals surface area contributed by atoms with E-state index in [0.29, 0.717) is 0 Å². The average Bonchev–Trinajstić information content (AvgIpc) is 2.21. The molecule has 100 valence electrons. The summed E-state index contributed by atoms with van der Waals surface area (Å²) in [4.78, 5) is 22.1. The Balaban J connectivity index is 2.90. The molecule has 0 aromatic carbocycles. The third-order valence-corrected chi connectivity index (χ3v) is 3.54. The fourth-order valence-electron chi connectivity index (χ4n) is 2.50. The van der Waals surface area contributed by atoms with Crippen LogP contribution in [0, 0.1) is 11.3 Å². The van der Waals surface area contributed by atoms with Crippen molar-refractivity contribution in [2.24, 2.45) is 11.3 Å². The summed E-state index contributed by atoms with van der Waals surface area (Å²) in [5, 5.41) is 0. The molecular weight excluding hydrogens is 228 g/mol. The molecular formula is C15H22O3. The van der Waals surface area contributed by atoms with Crippen molar-refractivity contribution in [2.45, 2.75) is 46.6 Å². The second-order valence-electron chi connectivity index (χ2n) is 5.65. The molecule has 2 atom stereocenters. The van der Waals surface area contributed by atoms with Gasteiger partial charge in [-0.3, -0.25) is 9.59 Å². The number of rotatable bonds is 3. The van der Waals surface area contributed by atoms with E-state index in [0.717, 1.165) is 18.4 Å². The van der Waals surface area contributed by atoms with Crippen LogP contribution in [0.1, 0.15) is 40.5 Å². The van der Waals surface area contributed by atoms with E-state index in [2.05, 4.69) is 20.4 Å². The SMILES string of the molecule is C=C1[C@@H](/C=C/C(C)=O)C(C)(C)CC[C@H]1OC(C)=O. The van der Waals surface area contributed by atoms with Gasteiger partial charge in [0, 0.05) is 12.8 Å². The molecule has 0 aliphatic heterocycles. The van der Waals surface area contributed by atoms with Crippen LogP contribution >= 0.6 is 0 Å². The van der Waals surface area contributed by atoms with Crippen LogP contribution in [0.15, 0.2) is 24.3 Å². The first-order valence-electron chi connectivity index (χ1n) is 6.28. The zero-order valence-electron chi connectivity index (χ0n) is 11.7. The molecule has 0 saturated heterocycles. The molecule has 3 nitrogen and oxygen atoms in total. The predicted molar refractivity (Wildman–Crippen MR) is 71.0 cm³/mol. The second kappa shape index (κ2) is 5.51. The Morgan fingerprint density at radius 2 is 2.00 bits per heavy atom. The van der Waals surface area contributed by atoms with Crippen LogP contribution in [0.3, 0.4) is 0 Å². The maximum atomic E-state index is 11.1. The van der Waals surface area contributed by atoms with E-state index < -0.39 is 0 Å². The second-order valence-corrected chi connectivity index (χ2v) is 5.65. The molecule has 0 radical (unpaired) electrons. The molecule has 18 heavy (non-hydrogen) atoms. The third kappa shape index (κ3) is 3.56. The van der Waals surface area contributed by atoms with E-state index in [1.165, 1.54) is 13.8 Å². The van der Waals surface area contributed by atoms with Gasteiger partial charge in [-0.25, -0.2) is 0 Å². The van der Waals surface area contributed by atoms with Crippen molar-refractivity contribution >= 4 is 11.8 Å².